The molecule has 0 N–H and O–H groups in total. The standard InChI is InChI=1S/C23H21N3O3S/c1-13-16-7-3-4-8-17(16)24-14(2)21(13)22(28)29-12-15-11-20(27)26-18-9-5-6-10-19(18)30-23(26)25-15/h3-4,7-8,11H,5-6,9-10,12H2,1-2H3. The van der Waals surface area contributed by atoms with E-state index in [2.05, 4.69) is 9.97 Å². The Morgan fingerprint density at radius 1 is 1.17 bits per heavy atom. The first kappa shape index (κ1) is 18.9. The molecular formula is C23H21N3O3S. The maximum Gasteiger partial charge on any atom is 0.340 e. The summed E-state index contributed by atoms with van der Waals surface area (Å²) in [6, 6.07) is 9.20. The highest BCUT2D eigenvalue weighted by Gasteiger charge is 2.20. The number of nitrogens with zero attached hydrogens (tertiary/aromatic N) is 3. The Kier molecular flexibility index (Phi) is 4.62. The minimum atomic E-state index is -0.448. The molecule has 0 aliphatic heterocycles. The molecular weight excluding hydrogens is 398 g/mol. The van der Waals surface area contributed by atoms with Crippen LogP contribution in [0, 0.1) is 13.8 Å². The summed E-state index contributed by atoms with van der Waals surface area (Å²) in [5.41, 5.74) is 4.25. The molecule has 6 nitrogen and oxygen atoms in total. The van der Waals surface area contributed by atoms with E-state index >= 15 is 0 Å². The van der Waals surface area contributed by atoms with Crippen LogP contribution in [0.15, 0.2) is 35.1 Å². The van der Waals surface area contributed by atoms with Crippen LogP contribution in [0.25, 0.3) is 15.9 Å². The maximum absolute atomic E-state index is 12.8. The minimum Gasteiger partial charge on any atom is -0.456 e. The molecule has 4 aromatic rings. The molecule has 0 atom stereocenters. The van der Waals surface area contributed by atoms with Gasteiger partial charge >= 0.3 is 5.97 Å². The molecule has 1 aliphatic rings. The van der Waals surface area contributed by atoms with Gasteiger partial charge < -0.3 is 4.74 Å². The number of fused-ring (bicyclic) bond motifs is 4. The van der Waals surface area contributed by atoms with Gasteiger partial charge in [-0.05, 0) is 51.2 Å². The second-order valence-electron chi connectivity index (χ2n) is 7.67. The number of aryl methyl sites for hydroxylation is 4. The number of aromatic nitrogens is 3. The van der Waals surface area contributed by atoms with Gasteiger partial charge in [0.05, 0.1) is 22.5 Å². The zero-order chi connectivity index (χ0) is 20.8. The summed E-state index contributed by atoms with van der Waals surface area (Å²) < 4.78 is 7.26. The van der Waals surface area contributed by atoms with E-state index in [0.717, 1.165) is 47.8 Å². The molecule has 3 heterocycles. The van der Waals surface area contributed by atoms with E-state index < -0.39 is 5.97 Å². The average Bonchev–Trinajstić information content (AvgIpc) is 3.11. The van der Waals surface area contributed by atoms with Gasteiger partial charge in [-0.25, -0.2) is 9.78 Å². The number of esters is 1. The highest BCUT2D eigenvalue weighted by Crippen LogP contribution is 2.28. The molecule has 0 saturated heterocycles. The molecule has 3 aromatic heterocycles. The zero-order valence-corrected chi connectivity index (χ0v) is 17.7. The number of pyridine rings is 1. The summed E-state index contributed by atoms with van der Waals surface area (Å²) in [7, 11) is 0. The van der Waals surface area contributed by atoms with Gasteiger partial charge in [0.1, 0.15) is 6.61 Å². The van der Waals surface area contributed by atoms with Gasteiger partial charge in [-0.15, -0.1) is 11.3 Å². The first-order valence-corrected chi connectivity index (χ1v) is 10.9. The van der Waals surface area contributed by atoms with Crippen LogP contribution in [0.5, 0.6) is 0 Å². The van der Waals surface area contributed by atoms with E-state index in [1.54, 1.807) is 15.7 Å². The third-order valence-corrected chi connectivity index (χ3v) is 6.85. The van der Waals surface area contributed by atoms with Crippen LogP contribution < -0.4 is 5.56 Å². The van der Waals surface area contributed by atoms with Crippen LogP contribution in [-0.4, -0.2) is 20.3 Å². The largest absolute Gasteiger partial charge is 0.456 e. The molecule has 5 rings (SSSR count). The number of carbonyl (C=O) groups excluding carboxylic acids is 1. The molecule has 7 heteroatoms. The number of hydrogen-bond acceptors (Lipinski definition) is 6. The summed E-state index contributed by atoms with van der Waals surface area (Å²) in [5.74, 6) is -0.448. The first-order valence-electron chi connectivity index (χ1n) is 10.1. The van der Waals surface area contributed by atoms with Gasteiger partial charge in [-0.3, -0.25) is 14.2 Å². The Hall–Kier alpha value is -3.06. The normalized spacial score (nSPS) is 13.5. The third kappa shape index (κ3) is 3.10. The van der Waals surface area contributed by atoms with Crippen molar-refractivity contribution >= 4 is 33.2 Å². The molecule has 0 fully saturated rings. The second-order valence-corrected chi connectivity index (χ2v) is 8.74. The molecule has 0 radical (unpaired) electrons. The van der Waals surface area contributed by atoms with Crippen LogP contribution in [0.3, 0.4) is 0 Å². The second kappa shape index (κ2) is 7.32. The molecule has 30 heavy (non-hydrogen) atoms. The average molecular weight is 420 g/mol. The lowest BCUT2D eigenvalue weighted by molar-refractivity contribution is 0.0465. The summed E-state index contributed by atoms with van der Waals surface area (Å²) in [6.07, 6.45) is 4.17. The van der Waals surface area contributed by atoms with Crippen molar-refractivity contribution in [3.63, 3.8) is 0 Å². The number of thiazole rings is 1. The molecule has 1 aliphatic carbocycles. The van der Waals surface area contributed by atoms with Crippen LogP contribution >= 0.6 is 11.3 Å². The topological polar surface area (TPSA) is 73.6 Å². The van der Waals surface area contributed by atoms with E-state index in [1.807, 2.05) is 38.1 Å². The van der Waals surface area contributed by atoms with E-state index in [9.17, 15) is 9.59 Å². The molecule has 0 unspecified atom stereocenters. The SMILES string of the molecule is Cc1nc2ccccc2c(C)c1C(=O)OCc1cc(=O)n2c3c(sc2n1)CCCC3. The van der Waals surface area contributed by atoms with Crippen LogP contribution in [0.1, 0.15) is 50.7 Å². The summed E-state index contributed by atoms with van der Waals surface area (Å²) >= 11 is 1.57. The van der Waals surface area contributed by atoms with Crippen molar-refractivity contribution in [3.05, 3.63) is 73.8 Å². The van der Waals surface area contributed by atoms with Crippen molar-refractivity contribution in [1.29, 1.82) is 0 Å². The lowest BCUT2D eigenvalue weighted by Gasteiger charge is -2.12. The Morgan fingerprint density at radius 2 is 1.97 bits per heavy atom. The number of ether oxygens (including phenoxy) is 1. The fourth-order valence-electron chi connectivity index (χ4n) is 4.26. The van der Waals surface area contributed by atoms with Crippen molar-refractivity contribution in [3.8, 4) is 0 Å². The smallest absolute Gasteiger partial charge is 0.340 e. The summed E-state index contributed by atoms with van der Waals surface area (Å²) in [4.78, 5) is 36.6. The van der Waals surface area contributed by atoms with Crippen molar-refractivity contribution in [1.82, 2.24) is 14.4 Å². The van der Waals surface area contributed by atoms with Gasteiger partial charge in [-0.1, -0.05) is 18.2 Å². The Morgan fingerprint density at radius 3 is 2.83 bits per heavy atom. The predicted octanol–water partition coefficient (Wildman–Crippen LogP) is 4.16. The molecule has 0 spiro atoms. The van der Waals surface area contributed by atoms with Crippen molar-refractivity contribution in [2.45, 2.75) is 46.1 Å². The number of para-hydroxylation sites is 1. The van der Waals surface area contributed by atoms with Crippen molar-refractivity contribution in [2.75, 3.05) is 0 Å². The lowest BCUT2D eigenvalue weighted by atomic mass is 10.0. The fourth-order valence-corrected chi connectivity index (χ4v) is 5.49. The summed E-state index contributed by atoms with van der Waals surface area (Å²) in [5, 5.41) is 0.928. The quantitative estimate of drug-likeness (QED) is 0.466. The van der Waals surface area contributed by atoms with Crippen molar-refractivity contribution < 1.29 is 9.53 Å². The van der Waals surface area contributed by atoms with Crippen LogP contribution in [-0.2, 0) is 24.2 Å². The Balaban J connectivity index is 1.44. The van der Waals surface area contributed by atoms with E-state index in [1.165, 1.54) is 10.9 Å². The van der Waals surface area contributed by atoms with Crippen LogP contribution in [0.4, 0.5) is 0 Å². The molecule has 0 amide bonds. The maximum atomic E-state index is 12.8. The van der Waals surface area contributed by atoms with Gasteiger partial charge in [0.15, 0.2) is 4.96 Å². The molecule has 0 saturated carbocycles. The van der Waals surface area contributed by atoms with E-state index in [-0.39, 0.29) is 12.2 Å². The number of benzene rings is 1. The zero-order valence-electron chi connectivity index (χ0n) is 16.9. The number of hydrogen-bond donors (Lipinski definition) is 0. The van der Waals surface area contributed by atoms with Crippen LogP contribution in [0.2, 0.25) is 0 Å². The van der Waals surface area contributed by atoms with E-state index in [4.69, 9.17) is 4.74 Å². The molecule has 152 valence electrons. The minimum absolute atomic E-state index is 0.0428. The number of rotatable bonds is 3. The fraction of sp³-hybridized carbons (Fsp3) is 0.304. The van der Waals surface area contributed by atoms with Gasteiger partial charge in [0.2, 0.25) is 0 Å². The highest BCUT2D eigenvalue weighted by atomic mass is 32.1. The predicted molar refractivity (Wildman–Crippen MR) is 116 cm³/mol. The van der Waals surface area contributed by atoms with Crippen molar-refractivity contribution in [2.24, 2.45) is 0 Å². The van der Waals surface area contributed by atoms with Gasteiger partial charge in [0.25, 0.3) is 5.56 Å². The Bertz CT molecular complexity index is 1370. The van der Waals surface area contributed by atoms with E-state index in [0.29, 0.717) is 21.9 Å². The Labute approximate surface area is 177 Å². The molecule has 0 bridgehead atoms. The monoisotopic (exact) mass is 419 g/mol. The lowest BCUT2D eigenvalue weighted by Crippen LogP contribution is -2.19. The summed E-state index contributed by atoms with van der Waals surface area (Å²) in [6.45, 7) is 3.67. The molecule has 1 aromatic carbocycles. The number of carbonyl (C=O) groups is 1. The first-order chi connectivity index (χ1) is 14.5. The van der Waals surface area contributed by atoms with Gasteiger partial charge in [-0.2, -0.15) is 0 Å². The van der Waals surface area contributed by atoms with Gasteiger partial charge in [0, 0.05) is 22.0 Å². The highest BCUT2D eigenvalue weighted by molar-refractivity contribution is 7.17. The third-order valence-electron chi connectivity index (χ3n) is 5.70.